The van der Waals surface area contributed by atoms with Gasteiger partial charge >= 0.3 is 0 Å². The molecule has 3 aromatic rings. The molecule has 0 atom stereocenters. The van der Waals surface area contributed by atoms with Crippen molar-refractivity contribution in [2.45, 2.75) is 27.7 Å². The van der Waals surface area contributed by atoms with E-state index in [1.165, 1.54) is 0 Å². The fourth-order valence-corrected chi connectivity index (χ4v) is 2.55. The number of anilines is 1. The topological polar surface area (TPSA) is 101 Å². The Balaban J connectivity index is 0.00000136. The Morgan fingerprint density at radius 2 is 1.86 bits per heavy atom. The molecule has 2 aromatic carbocycles. The van der Waals surface area contributed by atoms with Crippen molar-refractivity contribution in [2.75, 3.05) is 5.73 Å². The summed E-state index contributed by atoms with van der Waals surface area (Å²) in [5, 5.41) is 13.4. The predicted octanol–water partition coefficient (Wildman–Crippen LogP) is 5.34. The summed E-state index contributed by atoms with van der Waals surface area (Å²) in [4.78, 5) is 8.62. The summed E-state index contributed by atoms with van der Waals surface area (Å²) in [7, 11) is 0. The monoisotopic (exact) mass is 373 g/mol. The highest BCUT2D eigenvalue weighted by molar-refractivity contribution is 5.75. The average molecular weight is 373 g/mol. The van der Waals surface area contributed by atoms with Crippen molar-refractivity contribution in [3.05, 3.63) is 59.9 Å². The van der Waals surface area contributed by atoms with Gasteiger partial charge in [-0.2, -0.15) is 10.2 Å². The number of hydrogen-bond acceptors (Lipinski definition) is 6. The first-order valence-corrected chi connectivity index (χ1v) is 9.05. The Labute approximate surface area is 165 Å². The standard InChI is InChI=1S/C20H17N5O.C2H6/c1-3-18(23-4-2)19-24-20(26-25-19)16-9-13(12-21)8-15(10-16)14-6-5-7-17(22)11-14;1-2/h3-11H,22H2,1-2H3;1-2H3/b18-3-,23-4?;. The lowest BCUT2D eigenvalue weighted by Gasteiger charge is -2.05. The van der Waals surface area contributed by atoms with Gasteiger partial charge in [-0.1, -0.05) is 37.2 Å². The Morgan fingerprint density at radius 1 is 1.11 bits per heavy atom. The first kappa shape index (κ1) is 20.6. The lowest BCUT2D eigenvalue weighted by atomic mass is 9.99. The highest BCUT2D eigenvalue weighted by Crippen LogP contribution is 2.29. The Hall–Kier alpha value is -3.72. The lowest BCUT2D eigenvalue weighted by Crippen LogP contribution is -1.89. The van der Waals surface area contributed by atoms with Crippen LogP contribution in [0.3, 0.4) is 0 Å². The number of aromatic nitrogens is 2. The van der Waals surface area contributed by atoms with E-state index in [2.05, 4.69) is 21.2 Å². The molecule has 3 rings (SSSR count). The molecule has 0 saturated carbocycles. The van der Waals surface area contributed by atoms with Crippen LogP contribution in [0.5, 0.6) is 0 Å². The minimum atomic E-state index is 0.327. The maximum atomic E-state index is 9.37. The molecule has 0 saturated heterocycles. The van der Waals surface area contributed by atoms with Gasteiger partial charge in [0, 0.05) is 17.5 Å². The maximum absolute atomic E-state index is 9.37. The molecule has 142 valence electrons. The van der Waals surface area contributed by atoms with Crippen LogP contribution in [0, 0.1) is 11.3 Å². The van der Waals surface area contributed by atoms with Crippen LogP contribution in [-0.4, -0.2) is 16.4 Å². The smallest absolute Gasteiger partial charge is 0.258 e. The fourth-order valence-electron chi connectivity index (χ4n) is 2.55. The molecule has 6 heteroatoms. The van der Waals surface area contributed by atoms with Crippen LogP contribution in [0.2, 0.25) is 0 Å². The molecule has 6 nitrogen and oxygen atoms in total. The van der Waals surface area contributed by atoms with Crippen LogP contribution < -0.4 is 5.73 Å². The van der Waals surface area contributed by atoms with Gasteiger partial charge in [0.25, 0.3) is 5.89 Å². The van der Waals surface area contributed by atoms with E-state index in [-0.39, 0.29) is 0 Å². The van der Waals surface area contributed by atoms with Gasteiger partial charge in [0.05, 0.1) is 11.6 Å². The van der Waals surface area contributed by atoms with E-state index < -0.39 is 0 Å². The normalized spacial score (nSPS) is 11.0. The Bertz CT molecular complexity index is 1040. The van der Waals surface area contributed by atoms with E-state index in [1.54, 1.807) is 24.4 Å². The average Bonchev–Trinajstić information content (AvgIpc) is 3.23. The molecule has 0 fully saturated rings. The molecule has 1 aromatic heterocycles. The number of aliphatic imine (C=N–C) groups is 1. The van der Waals surface area contributed by atoms with Crippen LogP contribution >= 0.6 is 0 Å². The first-order valence-electron chi connectivity index (χ1n) is 9.05. The summed E-state index contributed by atoms with van der Waals surface area (Å²) >= 11 is 0. The number of allylic oxidation sites excluding steroid dienone is 1. The lowest BCUT2D eigenvalue weighted by molar-refractivity contribution is 0.428. The van der Waals surface area contributed by atoms with E-state index >= 15 is 0 Å². The molecule has 0 spiro atoms. The second-order valence-corrected chi connectivity index (χ2v) is 5.52. The largest absolute Gasteiger partial charge is 0.399 e. The van der Waals surface area contributed by atoms with Crippen molar-refractivity contribution >= 4 is 17.6 Å². The molecule has 0 bridgehead atoms. The fraction of sp³-hybridized carbons (Fsp3) is 0.182. The van der Waals surface area contributed by atoms with Gasteiger partial charge in [0.15, 0.2) is 0 Å². The predicted molar refractivity (Wildman–Crippen MR) is 113 cm³/mol. The maximum Gasteiger partial charge on any atom is 0.258 e. The van der Waals surface area contributed by atoms with E-state index in [0.717, 1.165) is 11.1 Å². The number of benzene rings is 2. The van der Waals surface area contributed by atoms with Crippen molar-refractivity contribution in [3.8, 4) is 28.7 Å². The summed E-state index contributed by atoms with van der Waals surface area (Å²) in [6.07, 6.45) is 3.47. The number of rotatable bonds is 4. The van der Waals surface area contributed by atoms with Crippen molar-refractivity contribution in [1.29, 1.82) is 5.26 Å². The molecule has 0 unspecified atom stereocenters. The third-order valence-corrected chi connectivity index (χ3v) is 3.73. The third kappa shape index (κ3) is 4.71. The molecule has 0 aliphatic rings. The number of nitrogen functional groups attached to an aromatic ring is 1. The summed E-state index contributed by atoms with van der Waals surface area (Å²) in [6, 6.07) is 15.0. The minimum Gasteiger partial charge on any atom is -0.399 e. The van der Waals surface area contributed by atoms with Gasteiger partial charge in [-0.3, -0.25) is 4.99 Å². The van der Waals surface area contributed by atoms with Crippen LogP contribution in [0.1, 0.15) is 39.1 Å². The summed E-state index contributed by atoms with van der Waals surface area (Å²) in [5.41, 5.74) is 10.1. The van der Waals surface area contributed by atoms with Gasteiger partial charge in [-0.05, 0) is 55.3 Å². The summed E-state index contributed by atoms with van der Waals surface area (Å²) in [6.45, 7) is 7.67. The van der Waals surface area contributed by atoms with Crippen molar-refractivity contribution in [1.82, 2.24) is 10.1 Å². The quantitative estimate of drug-likeness (QED) is 0.491. The molecule has 1 heterocycles. The summed E-state index contributed by atoms with van der Waals surface area (Å²) < 4.78 is 5.38. The molecular formula is C22H23N5O. The molecule has 28 heavy (non-hydrogen) atoms. The van der Waals surface area contributed by atoms with Crippen LogP contribution in [0.15, 0.2) is 58.1 Å². The Morgan fingerprint density at radius 3 is 2.50 bits per heavy atom. The molecule has 0 aliphatic heterocycles. The van der Waals surface area contributed by atoms with Gasteiger partial charge < -0.3 is 10.3 Å². The highest BCUT2D eigenvalue weighted by Gasteiger charge is 2.14. The van der Waals surface area contributed by atoms with Crippen LogP contribution in [-0.2, 0) is 0 Å². The minimum absolute atomic E-state index is 0.327. The number of nitrogens with two attached hydrogens (primary N) is 1. The van der Waals surface area contributed by atoms with Crippen LogP contribution in [0.25, 0.3) is 28.3 Å². The number of hydrogen-bond donors (Lipinski definition) is 1. The highest BCUT2D eigenvalue weighted by atomic mass is 16.5. The van der Waals surface area contributed by atoms with Gasteiger partial charge in [-0.25, -0.2) is 0 Å². The Kier molecular flexibility index (Phi) is 7.23. The molecule has 2 N–H and O–H groups in total. The molecular weight excluding hydrogens is 350 g/mol. The zero-order valence-electron chi connectivity index (χ0n) is 16.5. The third-order valence-electron chi connectivity index (χ3n) is 3.73. The van der Waals surface area contributed by atoms with Gasteiger partial charge in [-0.15, -0.1) is 0 Å². The SMILES string of the molecule is CC.CC=N/C(=C\C)c1noc(-c2cc(C#N)cc(-c3cccc(N)c3)c2)n1. The van der Waals surface area contributed by atoms with E-state index in [9.17, 15) is 5.26 Å². The van der Waals surface area contributed by atoms with Crippen molar-refractivity contribution in [2.24, 2.45) is 4.99 Å². The van der Waals surface area contributed by atoms with Crippen molar-refractivity contribution < 1.29 is 4.52 Å². The molecule has 0 aliphatic carbocycles. The van der Waals surface area contributed by atoms with Crippen molar-refractivity contribution in [3.63, 3.8) is 0 Å². The zero-order chi connectivity index (χ0) is 20.5. The number of nitrogens with zero attached hydrogens (tertiary/aromatic N) is 4. The van der Waals surface area contributed by atoms with Crippen LogP contribution in [0.4, 0.5) is 5.69 Å². The molecule has 0 amide bonds. The second kappa shape index (κ2) is 9.83. The molecule has 0 radical (unpaired) electrons. The van der Waals surface area contributed by atoms with E-state index in [1.807, 2.05) is 58.0 Å². The summed E-state index contributed by atoms with van der Waals surface area (Å²) in [5.74, 6) is 0.723. The van der Waals surface area contributed by atoms with Gasteiger partial charge in [0.1, 0.15) is 5.70 Å². The van der Waals surface area contributed by atoms with E-state index in [4.69, 9.17) is 10.3 Å². The number of nitriles is 1. The zero-order valence-corrected chi connectivity index (χ0v) is 16.5. The van der Waals surface area contributed by atoms with Gasteiger partial charge in [0.2, 0.25) is 5.82 Å². The van der Waals surface area contributed by atoms with E-state index in [0.29, 0.717) is 34.2 Å². The first-order chi connectivity index (χ1) is 13.6. The second-order valence-electron chi connectivity index (χ2n) is 5.52.